The van der Waals surface area contributed by atoms with Crippen LogP contribution in [0, 0.1) is 47.3 Å². The molecule has 0 saturated carbocycles. The Bertz CT molecular complexity index is 1570. The van der Waals surface area contributed by atoms with E-state index < -0.39 is 84.2 Å². The third-order valence-electron chi connectivity index (χ3n) is 15.9. The molecule has 21 atom stereocenters. The third-order valence-corrected chi connectivity index (χ3v) is 15.9. The van der Waals surface area contributed by atoms with E-state index in [1.54, 1.807) is 27.9 Å². The largest absolute Gasteiger partial charge is 0.481 e. The van der Waals surface area contributed by atoms with Crippen LogP contribution in [-0.2, 0) is 47.5 Å². The summed E-state index contributed by atoms with van der Waals surface area (Å²) in [4.78, 5) is 24.8. The molecule has 0 bridgehead atoms. The van der Waals surface area contributed by atoms with Crippen molar-refractivity contribution in [3.05, 3.63) is 11.6 Å². The molecule has 61 heavy (non-hydrogen) atoms. The van der Waals surface area contributed by atoms with Crippen LogP contribution in [0.15, 0.2) is 11.6 Å². The van der Waals surface area contributed by atoms with E-state index in [2.05, 4.69) is 27.7 Å². The number of aliphatic hydroxyl groups is 3. The number of hydrogen-bond donors (Lipinski definition) is 4. The lowest BCUT2D eigenvalue weighted by Crippen LogP contribution is -2.63. The fourth-order valence-electron chi connectivity index (χ4n) is 11.8. The normalized spacial score (nSPS) is 48.6. The summed E-state index contributed by atoms with van der Waals surface area (Å²) >= 11 is 0. The average molecular weight is 867 g/mol. The molecule has 6 heterocycles. The number of hydrogen-bond acceptors (Lipinski definition) is 13. The summed E-state index contributed by atoms with van der Waals surface area (Å²) in [5.74, 6) is -7.01. The lowest BCUT2D eigenvalue weighted by atomic mass is 9.76. The third kappa shape index (κ3) is 9.71. The zero-order valence-electron chi connectivity index (χ0n) is 38.8. The monoisotopic (exact) mass is 867 g/mol. The number of rotatable bonds is 13. The summed E-state index contributed by atoms with van der Waals surface area (Å²) in [5, 5.41) is 42.5. The number of carboxylic acid groups (broad SMARTS) is 1. The molecular weight excluding hydrogens is 789 g/mol. The SMILES string of the molecule is CO[C@H]1CCC(O[C@H]2C[C@H]([C@]3(C)CC[C@]4(C[C@H](O)[C@@H](C)[C@@H]([C@H](C)/C=C(/C)C(=O)[C@H](C)C[C@H](C)C(=O)O)O4)O3)O[C@]3(O[C@@H]([C@H]4O[C@@](O)(CO)[C@H](C)C[C@@H]4C)C[C@@H]3C)[C@@H]2C)O[C@@H]1C. The predicted octanol–water partition coefficient (Wildman–Crippen LogP) is 6.15. The number of aliphatic hydroxyl groups excluding tert-OH is 2. The van der Waals surface area contributed by atoms with Gasteiger partial charge in [-0.15, -0.1) is 0 Å². The van der Waals surface area contributed by atoms with Crippen molar-refractivity contribution < 1.29 is 67.9 Å². The molecule has 0 aromatic rings. The molecule has 0 aromatic heterocycles. The maximum absolute atomic E-state index is 13.4. The van der Waals surface area contributed by atoms with Gasteiger partial charge in [-0.1, -0.05) is 61.5 Å². The van der Waals surface area contributed by atoms with E-state index in [9.17, 15) is 30.0 Å². The van der Waals surface area contributed by atoms with E-state index in [1.807, 2.05) is 33.8 Å². The minimum atomic E-state index is -1.66. The Morgan fingerprint density at radius 1 is 0.902 bits per heavy atom. The van der Waals surface area contributed by atoms with E-state index >= 15 is 0 Å². The first-order valence-electron chi connectivity index (χ1n) is 23.2. The molecule has 0 aliphatic carbocycles. The number of carbonyl (C=O) groups excluding carboxylic acids is 1. The van der Waals surface area contributed by atoms with Crippen LogP contribution in [0.1, 0.15) is 134 Å². The van der Waals surface area contributed by atoms with Crippen molar-refractivity contribution in [3.63, 3.8) is 0 Å². The minimum absolute atomic E-state index is 0.0130. The Kier molecular flexibility index (Phi) is 15.0. The Morgan fingerprint density at radius 3 is 2.25 bits per heavy atom. The fourth-order valence-corrected chi connectivity index (χ4v) is 11.8. The summed E-state index contributed by atoms with van der Waals surface area (Å²) < 4.78 is 53.9. The van der Waals surface area contributed by atoms with E-state index in [4.69, 9.17) is 37.9 Å². The first-order chi connectivity index (χ1) is 28.5. The van der Waals surface area contributed by atoms with Crippen molar-refractivity contribution in [3.8, 4) is 0 Å². The van der Waals surface area contributed by atoms with Crippen LogP contribution in [0.4, 0.5) is 0 Å². The Balaban J connectivity index is 1.24. The summed E-state index contributed by atoms with van der Waals surface area (Å²) in [7, 11) is 1.70. The second-order valence-corrected chi connectivity index (χ2v) is 20.6. The summed E-state index contributed by atoms with van der Waals surface area (Å²) in [6.45, 7) is 20.9. The Hall–Kier alpha value is -1.56. The second-order valence-electron chi connectivity index (χ2n) is 20.6. The molecule has 350 valence electrons. The van der Waals surface area contributed by atoms with Crippen molar-refractivity contribution in [2.45, 2.75) is 212 Å². The lowest BCUT2D eigenvalue weighted by molar-refractivity contribution is -0.390. The molecule has 6 fully saturated rings. The smallest absolute Gasteiger partial charge is 0.306 e. The molecule has 14 nitrogen and oxygen atoms in total. The topological polar surface area (TPSA) is 189 Å². The van der Waals surface area contributed by atoms with Gasteiger partial charge in [0.1, 0.15) is 0 Å². The molecule has 0 radical (unpaired) electrons. The van der Waals surface area contributed by atoms with Crippen LogP contribution in [0.25, 0.3) is 0 Å². The van der Waals surface area contributed by atoms with Gasteiger partial charge in [0.15, 0.2) is 29.4 Å². The summed E-state index contributed by atoms with van der Waals surface area (Å²) in [6.07, 6.45) is 3.25. The van der Waals surface area contributed by atoms with Crippen molar-refractivity contribution in [1.82, 2.24) is 0 Å². The van der Waals surface area contributed by atoms with Crippen molar-refractivity contribution in [1.29, 1.82) is 0 Å². The highest BCUT2D eigenvalue weighted by Gasteiger charge is 2.65. The van der Waals surface area contributed by atoms with Gasteiger partial charge in [-0.2, -0.15) is 0 Å². The van der Waals surface area contributed by atoms with Gasteiger partial charge < -0.3 is 58.3 Å². The maximum atomic E-state index is 13.4. The Morgan fingerprint density at radius 2 is 1.61 bits per heavy atom. The van der Waals surface area contributed by atoms with E-state index in [0.717, 1.165) is 6.42 Å². The lowest BCUT2D eigenvalue weighted by Gasteiger charge is -2.54. The standard InChI is InChI=1S/C47H78O14/c1-24(40(50)25(2)18-28(5)43(51)52)17-26(3)41-31(8)34(49)22-45(59-41)16-15-44(11,61-45)38-21-36(56-39-14-13-35(54-12)33(10)55-39)32(9)47(58-38)30(7)20-37(57-47)42-27(4)19-29(6)46(53,23-48)60-42/h17,25-39,41-42,48-49,53H,13-16,18-23H2,1-12H3,(H,51,52)/b24-17-/t25-,26-,27+,28+,29-,30+,31-,32-,33-,34+,35+,36+,37-,38-,39?,41-,42+,44+,45-,46+,47+/m1/s1. The van der Waals surface area contributed by atoms with E-state index in [1.165, 1.54) is 0 Å². The maximum Gasteiger partial charge on any atom is 0.306 e. The van der Waals surface area contributed by atoms with Gasteiger partial charge in [0.2, 0.25) is 0 Å². The van der Waals surface area contributed by atoms with Crippen molar-refractivity contribution >= 4 is 11.8 Å². The van der Waals surface area contributed by atoms with Crippen LogP contribution < -0.4 is 0 Å². The van der Waals surface area contributed by atoms with Gasteiger partial charge in [-0.25, -0.2) is 0 Å². The number of carbonyl (C=O) groups is 2. The molecule has 0 amide bonds. The van der Waals surface area contributed by atoms with Gasteiger partial charge in [-0.3, -0.25) is 9.59 Å². The number of methoxy groups -OCH3 is 1. The van der Waals surface area contributed by atoms with E-state index in [-0.39, 0.29) is 72.4 Å². The van der Waals surface area contributed by atoms with Crippen LogP contribution in [-0.4, -0.2) is 124 Å². The number of aliphatic carboxylic acids is 1. The number of allylic oxidation sites excluding steroid dienone is 1. The molecule has 14 heteroatoms. The van der Waals surface area contributed by atoms with Crippen molar-refractivity contribution in [2.75, 3.05) is 13.7 Å². The first kappa shape index (κ1) is 48.9. The highest BCUT2D eigenvalue weighted by Crippen LogP contribution is 2.56. The zero-order chi connectivity index (χ0) is 45.0. The van der Waals surface area contributed by atoms with Gasteiger partial charge in [0.05, 0.1) is 67.0 Å². The molecule has 6 rings (SSSR count). The minimum Gasteiger partial charge on any atom is -0.481 e. The molecule has 4 N–H and O–H groups in total. The number of ketones is 1. The van der Waals surface area contributed by atoms with Crippen LogP contribution in [0.5, 0.6) is 0 Å². The molecule has 0 aromatic carbocycles. The summed E-state index contributed by atoms with van der Waals surface area (Å²) in [6, 6.07) is 0. The van der Waals surface area contributed by atoms with Gasteiger partial charge in [0, 0.05) is 68.3 Å². The molecule has 6 saturated heterocycles. The number of ether oxygens (including phenoxy) is 8. The van der Waals surface area contributed by atoms with Crippen molar-refractivity contribution in [2.24, 2.45) is 47.3 Å². The van der Waals surface area contributed by atoms with Gasteiger partial charge in [-0.05, 0) is 64.4 Å². The fraction of sp³-hybridized carbons (Fsp3) is 0.915. The number of Topliss-reactive ketones (excluding diaryl/α,β-unsaturated/α-hetero) is 1. The highest BCUT2D eigenvalue weighted by atomic mass is 16.8. The molecule has 2 spiro atoms. The zero-order valence-corrected chi connectivity index (χ0v) is 38.8. The Labute approximate surface area is 363 Å². The first-order valence-corrected chi connectivity index (χ1v) is 23.2. The number of carboxylic acids is 1. The summed E-state index contributed by atoms with van der Waals surface area (Å²) in [5.41, 5.74) is -0.326. The second kappa shape index (κ2) is 18.7. The predicted molar refractivity (Wildman–Crippen MR) is 224 cm³/mol. The van der Waals surface area contributed by atoms with Gasteiger partial charge in [0.25, 0.3) is 0 Å². The van der Waals surface area contributed by atoms with E-state index in [0.29, 0.717) is 44.1 Å². The van der Waals surface area contributed by atoms with Gasteiger partial charge >= 0.3 is 5.97 Å². The van der Waals surface area contributed by atoms with Crippen LogP contribution >= 0.6 is 0 Å². The average Bonchev–Trinajstić information content (AvgIpc) is 3.71. The molecule has 1 unspecified atom stereocenters. The molecule has 6 aliphatic rings. The quantitative estimate of drug-likeness (QED) is 0.154. The molecule has 6 aliphatic heterocycles. The highest BCUT2D eigenvalue weighted by molar-refractivity contribution is 5.96. The van der Waals surface area contributed by atoms with Crippen LogP contribution in [0.3, 0.4) is 0 Å². The molecular formula is C47H78O14. The van der Waals surface area contributed by atoms with Crippen LogP contribution in [0.2, 0.25) is 0 Å².